The average Bonchev–Trinajstić information content (AvgIpc) is 3.51. The van der Waals surface area contributed by atoms with Gasteiger partial charge >= 0.3 is 6.01 Å². The minimum Gasteiger partial charge on any atom is -0.468 e. The molecule has 4 rings (SSSR count). The number of nitrogens with two attached hydrogens (primary N) is 1. The van der Waals surface area contributed by atoms with E-state index in [1.54, 1.807) is 7.11 Å². The van der Waals surface area contributed by atoms with Crippen LogP contribution >= 0.6 is 0 Å². The number of anilines is 1. The maximum Gasteiger partial charge on any atom is 0.320 e. The molecule has 3 heterocycles. The van der Waals surface area contributed by atoms with Crippen molar-refractivity contribution in [3.63, 3.8) is 0 Å². The van der Waals surface area contributed by atoms with Crippen LogP contribution in [0.3, 0.4) is 0 Å². The highest BCUT2D eigenvalue weighted by Gasteiger charge is 2.19. The van der Waals surface area contributed by atoms with Gasteiger partial charge in [-0.15, -0.1) is 0 Å². The van der Waals surface area contributed by atoms with Gasteiger partial charge in [0.15, 0.2) is 17.0 Å². The number of rotatable bonds is 11. The zero-order valence-electron chi connectivity index (χ0n) is 22.0. The van der Waals surface area contributed by atoms with Crippen molar-refractivity contribution in [3.8, 4) is 12.0 Å². The number of ether oxygens (including phenoxy) is 2. The Hall–Kier alpha value is -3.39. The molecule has 36 heavy (non-hydrogen) atoms. The first kappa shape index (κ1) is 25.7. The van der Waals surface area contributed by atoms with Crippen LogP contribution in [0.5, 0.6) is 12.0 Å². The van der Waals surface area contributed by atoms with E-state index in [1.807, 2.05) is 4.57 Å². The molecule has 1 aliphatic heterocycles. The highest BCUT2D eigenvalue weighted by molar-refractivity contribution is 5.83. The summed E-state index contributed by atoms with van der Waals surface area (Å²) in [5, 5.41) is 0. The van der Waals surface area contributed by atoms with Gasteiger partial charge in [0.05, 0.1) is 20.3 Å². The van der Waals surface area contributed by atoms with Gasteiger partial charge in [-0.1, -0.05) is 49.3 Å². The van der Waals surface area contributed by atoms with Crippen molar-refractivity contribution in [1.82, 2.24) is 24.4 Å². The first-order valence-corrected chi connectivity index (χ1v) is 12.9. The van der Waals surface area contributed by atoms with E-state index in [9.17, 15) is 0 Å². The Labute approximate surface area is 213 Å². The molecule has 8 heteroatoms. The average molecular weight is 491 g/mol. The Morgan fingerprint density at radius 3 is 2.69 bits per heavy atom. The number of methoxy groups -OCH3 is 1. The molecule has 0 amide bonds. The second-order valence-corrected chi connectivity index (χ2v) is 9.33. The zero-order valence-corrected chi connectivity index (χ0v) is 22.0. The molecule has 0 spiro atoms. The van der Waals surface area contributed by atoms with E-state index < -0.39 is 0 Å². The van der Waals surface area contributed by atoms with E-state index in [0.717, 1.165) is 24.9 Å². The van der Waals surface area contributed by atoms with Crippen LogP contribution in [-0.4, -0.2) is 57.8 Å². The standard InChI is InChI=1S/C28H38N6O2/c1-5-7-16-36-27-31-25(29)24-26(32-27)34(28(30-24)35-4)19-21-12-10-13-22(17-21)23(11-6-2)20(3)18-33-14-8-9-15-33/h6,10-13,17H,5,7-9,14-16,18-19H2,1-4H3,(H2,29,31,32). The van der Waals surface area contributed by atoms with Gasteiger partial charge in [0, 0.05) is 6.54 Å². The Bertz CT molecular complexity index is 1240. The van der Waals surface area contributed by atoms with Crippen LogP contribution in [0, 0.1) is 0 Å². The number of nitrogen functional groups attached to an aromatic ring is 1. The maximum atomic E-state index is 6.21. The first-order valence-electron chi connectivity index (χ1n) is 12.9. The van der Waals surface area contributed by atoms with E-state index in [4.69, 9.17) is 15.2 Å². The van der Waals surface area contributed by atoms with E-state index in [0.29, 0.717) is 30.3 Å². The molecule has 0 unspecified atom stereocenters. The fourth-order valence-corrected chi connectivity index (χ4v) is 4.68. The second-order valence-electron chi connectivity index (χ2n) is 9.33. The van der Waals surface area contributed by atoms with Gasteiger partial charge in [-0.2, -0.15) is 15.0 Å². The molecule has 0 bridgehead atoms. The molecule has 1 fully saturated rings. The molecular weight excluding hydrogens is 452 g/mol. The topological polar surface area (TPSA) is 91.3 Å². The van der Waals surface area contributed by atoms with Crippen molar-refractivity contribution >= 4 is 22.6 Å². The SMILES string of the molecule is CC=CC(=C(C)CN1CCCC1)c1cccc(Cn2c(OC)nc3c(N)nc(OCCCC)nc32)c1. The largest absolute Gasteiger partial charge is 0.468 e. The molecule has 3 aromatic rings. The quantitative estimate of drug-likeness (QED) is 0.296. The van der Waals surface area contributed by atoms with Crippen molar-refractivity contribution in [3.05, 3.63) is 53.1 Å². The van der Waals surface area contributed by atoms with Crippen molar-refractivity contribution in [2.45, 2.75) is 53.0 Å². The van der Waals surface area contributed by atoms with Crippen LogP contribution in [0.1, 0.15) is 57.6 Å². The smallest absolute Gasteiger partial charge is 0.320 e. The predicted molar refractivity (Wildman–Crippen MR) is 145 cm³/mol. The zero-order chi connectivity index (χ0) is 25.5. The summed E-state index contributed by atoms with van der Waals surface area (Å²) in [6, 6.07) is 9.33. The van der Waals surface area contributed by atoms with Crippen LogP contribution in [0.15, 0.2) is 42.0 Å². The molecule has 1 saturated heterocycles. The molecule has 2 aromatic heterocycles. The van der Waals surface area contributed by atoms with E-state index in [-0.39, 0.29) is 11.8 Å². The lowest BCUT2D eigenvalue weighted by Gasteiger charge is -2.18. The lowest BCUT2D eigenvalue weighted by Crippen LogP contribution is -2.21. The van der Waals surface area contributed by atoms with Crippen LogP contribution in [0.4, 0.5) is 5.82 Å². The monoisotopic (exact) mass is 490 g/mol. The highest BCUT2D eigenvalue weighted by Crippen LogP contribution is 2.28. The van der Waals surface area contributed by atoms with Crippen molar-refractivity contribution in [2.24, 2.45) is 0 Å². The Morgan fingerprint density at radius 1 is 1.17 bits per heavy atom. The molecule has 0 atom stereocenters. The molecular formula is C28H38N6O2. The molecule has 0 saturated carbocycles. The van der Waals surface area contributed by atoms with Crippen molar-refractivity contribution in [2.75, 3.05) is 39.1 Å². The van der Waals surface area contributed by atoms with Crippen LogP contribution in [0.2, 0.25) is 0 Å². The molecule has 2 N–H and O–H groups in total. The third-order valence-electron chi connectivity index (χ3n) is 6.51. The number of likely N-dealkylation sites (tertiary alicyclic amines) is 1. The summed E-state index contributed by atoms with van der Waals surface area (Å²) >= 11 is 0. The summed E-state index contributed by atoms with van der Waals surface area (Å²) in [5.41, 5.74) is 12.3. The van der Waals surface area contributed by atoms with Crippen molar-refractivity contribution in [1.29, 1.82) is 0 Å². The number of fused-ring (bicyclic) bond motifs is 1. The second kappa shape index (κ2) is 12.0. The minimum atomic E-state index is 0.266. The van der Waals surface area contributed by atoms with E-state index >= 15 is 0 Å². The number of benzene rings is 1. The third kappa shape index (κ3) is 5.87. The van der Waals surface area contributed by atoms with Crippen LogP contribution < -0.4 is 15.2 Å². The van der Waals surface area contributed by atoms with Crippen LogP contribution in [0.25, 0.3) is 16.7 Å². The molecule has 1 aromatic carbocycles. The Balaban J connectivity index is 1.67. The number of aromatic nitrogens is 4. The Kier molecular flexibility index (Phi) is 8.59. The predicted octanol–water partition coefficient (Wildman–Crippen LogP) is 5.09. The summed E-state index contributed by atoms with van der Waals surface area (Å²) < 4.78 is 13.3. The van der Waals surface area contributed by atoms with Gasteiger partial charge in [-0.25, -0.2) is 0 Å². The Morgan fingerprint density at radius 2 is 1.97 bits per heavy atom. The molecule has 8 nitrogen and oxygen atoms in total. The van der Waals surface area contributed by atoms with E-state index in [2.05, 4.69) is 77.0 Å². The van der Waals surface area contributed by atoms with Crippen molar-refractivity contribution < 1.29 is 9.47 Å². The highest BCUT2D eigenvalue weighted by atomic mass is 16.5. The first-order chi connectivity index (χ1) is 17.5. The number of imidazole rings is 1. The summed E-state index contributed by atoms with van der Waals surface area (Å²) in [4.78, 5) is 16.0. The minimum absolute atomic E-state index is 0.266. The number of allylic oxidation sites excluding steroid dienone is 3. The van der Waals surface area contributed by atoms with E-state index in [1.165, 1.54) is 42.6 Å². The molecule has 1 aliphatic rings. The maximum absolute atomic E-state index is 6.21. The fourth-order valence-electron chi connectivity index (χ4n) is 4.68. The summed E-state index contributed by atoms with van der Waals surface area (Å²) in [6.07, 6.45) is 8.87. The molecule has 0 aliphatic carbocycles. The molecule has 0 radical (unpaired) electrons. The number of hydrogen-bond donors (Lipinski definition) is 1. The normalized spacial score (nSPS) is 15.1. The lowest BCUT2D eigenvalue weighted by atomic mass is 9.98. The van der Waals surface area contributed by atoms with Gasteiger partial charge in [-0.05, 0) is 69.0 Å². The number of unbranched alkanes of at least 4 members (excludes halogenated alkanes) is 1. The van der Waals surface area contributed by atoms with Gasteiger partial charge < -0.3 is 15.2 Å². The van der Waals surface area contributed by atoms with Gasteiger partial charge in [0.2, 0.25) is 0 Å². The van der Waals surface area contributed by atoms with Gasteiger partial charge in [-0.3, -0.25) is 9.47 Å². The number of hydrogen-bond acceptors (Lipinski definition) is 7. The van der Waals surface area contributed by atoms with Gasteiger partial charge in [0.25, 0.3) is 6.01 Å². The summed E-state index contributed by atoms with van der Waals surface area (Å²) in [5.74, 6) is 0.285. The molecule has 192 valence electrons. The van der Waals surface area contributed by atoms with Crippen LogP contribution in [-0.2, 0) is 6.54 Å². The fraction of sp³-hybridized carbons (Fsp3) is 0.464. The third-order valence-corrected chi connectivity index (χ3v) is 6.51. The number of nitrogens with zero attached hydrogens (tertiary/aromatic N) is 5. The summed E-state index contributed by atoms with van der Waals surface area (Å²) in [6.45, 7) is 10.9. The van der Waals surface area contributed by atoms with Gasteiger partial charge in [0.1, 0.15) is 0 Å². The summed E-state index contributed by atoms with van der Waals surface area (Å²) in [7, 11) is 1.60. The lowest BCUT2D eigenvalue weighted by molar-refractivity contribution is 0.286.